The number of rotatable bonds is 6. The number of pyridine rings is 1. The highest BCUT2D eigenvalue weighted by Crippen LogP contribution is 2.40. The monoisotopic (exact) mass is 449 g/mol. The first kappa shape index (κ1) is 20.6. The van der Waals surface area contributed by atoms with Gasteiger partial charge in [-0.05, 0) is 61.5 Å². The van der Waals surface area contributed by atoms with Crippen LogP contribution in [0.3, 0.4) is 0 Å². The number of nitrogens with zero attached hydrogens (tertiary/aromatic N) is 4. The van der Waals surface area contributed by atoms with Crippen molar-refractivity contribution in [2.24, 2.45) is 0 Å². The van der Waals surface area contributed by atoms with Crippen molar-refractivity contribution in [3.8, 4) is 5.69 Å². The van der Waals surface area contributed by atoms with Gasteiger partial charge in [-0.3, -0.25) is 15.1 Å². The van der Waals surface area contributed by atoms with E-state index >= 15 is 0 Å². The van der Waals surface area contributed by atoms with Crippen LogP contribution in [-0.2, 0) is 4.74 Å². The van der Waals surface area contributed by atoms with E-state index in [2.05, 4.69) is 25.8 Å². The Kier molecular flexibility index (Phi) is 5.59. The van der Waals surface area contributed by atoms with Gasteiger partial charge in [-0.1, -0.05) is 6.07 Å². The van der Waals surface area contributed by atoms with Crippen molar-refractivity contribution in [2.75, 3.05) is 13.2 Å². The van der Waals surface area contributed by atoms with Gasteiger partial charge in [0.1, 0.15) is 0 Å². The normalized spacial score (nSPS) is 22.8. The standard InChI is InChI=1S/C23H23N5O3S/c29-28(30)17-10-8-16(9-11-17)26-13-3-7-20(26)22-21(19-6-1-2-12-24-19)25-23(32)27(22)15-18-5-4-14-31-18/h1-3,6-13,18,21-22H,4-5,14-15H2,(H,25,32)/t18-,21-,22-/m0/s1. The summed E-state index contributed by atoms with van der Waals surface area (Å²) in [7, 11) is 0. The lowest BCUT2D eigenvalue weighted by atomic mass is 10.0. The molecule has 2 fully saturated rings. The molecule has 32 heavy (non-hydrogen) atoms. The molecule has 9 heteroatoms. The van der Waals surface area contributed by atoms with E-state index in [0.29, 0.717) is 11.7 Å². The second-order valence-electron chi connectivity index (χ2n) is 7.99. The molecule has 3 atom stereocenters. The maximum atomic E-state index is 11.1. The number of aromatic nitrogens is 2. The number of hydrogen-bond acceptors (Lipinski definition) is 5. The fourth-order valence-electron chi connectivity index (χ4n) is 4.54. The van der Waals surface area contributed by atoms with Crippen LogP contribution in [0.25, 0.3) is 5.69 Å². The van der Waals surface area contributed by atoms with Crippen LogP contribution < -0.4 is 5.32 Å². The minimum atomic E-state index is -0.389. The summed E-state index contributed by atoms with van der Waals surface area (Å²) in [5.41, 5.74) is 2.86. The molecule has 0 radical (unpaired) electrons. The van der Waals surface area contributed by atoms with E-state index in [9.17, 15) is 10.1 Å². The Morgan fingerprint density at radius 3 is 2.72 bits per heavy atom. The van der Waals surface area contributed by atoms with E-state index < -0.39 is 0 Å². The Hall–Kier alpha value is -3.30. The Morgan fingerprint density at radius 2 is 2.03 bits per heavy atom. The molecule has 0 aliphatic carbocycles. The average molecular weight is 450 g/mol. The Labute approximate surface area is 191 Å². The predicted molar refractivity (Wildman–Crippen MR) is 124 cm³/mol. The summed E-state index contributed by atoms with van der Waals surface area (Å²) in [5.74, 6) is 0. The molecule has 5 rings (SSSR count). The van der Waals surface area contributed by atoms with Crippen LogP contribution in [0.15, 0.2) is 67.0 Å². The largest absolute Gasteiger partial charge is 0.376 e. The van der Waals surface area contributed by atoms with E-state index in [1.54, 1.807) is 18.3 Å². The van der Waals surface area contributed by atoms with Gasteiger partial charge in [0.25, 0.3) is 5.69 Å². The maximum absolute atomic E-state index is 11.1. The molecule has 2 saturated heterocycles. The molecular weight excluding hydrogens is 426 g/mol. The van der Waals surface area contributed by atoms with E-state index in [-0.39, 0.29) is 28.8 Å². The zero-order chi connectivity index (χ0) is 22.1. The highest BCUT2D eigenvalue weighted by molar-refractivity contribution is 7.80. The summed E-state index contributed by atoms with van der Waals surface area (Å²) in [6, 6.07) is 16.3. The summed E-state index contributed by atoms with van der Waals surface area (Å²) in [4.78, 5) is 17.5. The van der Waals surface area contributed by atoms with E-state index in [4.69, 9.17) is 17.0 Å². The molecule has 8 nitrogen and oxygen atoms in total. The topological polar surface area (TPSA) is 85.5 Å². The zero-order valence-electron chi connectivity index (χ0n) is 17.3. The van der Waals surface area contributed by atoms with Crippen molar-refractivity contribution in [1.82, 2.24) is 19.8 Å². The molecule has 0 amide bonds. The molecule has 164 valence electrons. The van der Waals surface area contributed by atoms with Crippen molar-refractivity contribution < 1.29 is 9.66 Å². The minimum absolute atomic E-state index is 0.0672. The summed E-state index contributed by atoms with van der Waals surface area (Å²) >= 11 is 5.76. The van der Waals surface area contributed by atoms with Crippen LogP contribution >= 0.6 is 12.2 Å². The lowest BCUT2D eigenvalue weighted by Gasteiger charge is -2.30. The Balaban J connectivity index is 1.55. The molecule has 0 saturated carbocycles. The number of non-ortho nitro benzene ring substituents is 1. The fraction of sp³-hybridized carbons (Fsp3) is 0.304. The summed E-state index contributed by atoms with van der Waals surface area (Å²) in [5, 5.41) is 15.2. The van der Waals surface area contributed by atoms with Crippen molar-refractivity contribution >= 4 is 23.0 Å². The van der Waals surface area contributed by atoms with Crippen LogP contribution in [-0.4, -0.2) is 43.7 Å². The quantitative estimate of drug-likeness (QED) is 0.347. The zero-order valence-corrected chi connectivity index (χ0v) is 18.1. The smallest absolute Gasteiger partial charge is 0.269 e. The fourth-order valence-corrected chi connectivity index (χ4v) is 4.85. The number of nitro groups is 1. The van der Waals surface area contributed by atoms with Gasteiger partial charge in [-0.2, -0.15) is 0 Å². The first-order valence-electron chi connectivity index (χ1n) is 10.6. The van der Waals surface area contributed by atoms with Crippen LogP contribution in [0.4, 0.5) is 5.69 Å². The Morgan fingerprint density at radius 1 is 1.19 bits per heavy atom. The van der Waals surface area contributed by atoms with Crippen molar-refractivity contribution in [3.63, 3.8) is 0 Å². The lowest BCUT2D eigenvalue weighted by molar-refractivity contribution is -0.384. The van der Waals surface area contributed by atoms with Crippen LogP contribution in [0, 0.1) is 10.1 Å². The van der Waals surface area contributed by atoms with Crippen molar-refractivity contribution in [2.45, 2.75) is 31.0 Å². The van der Waals surface area contributed by atoms with Gasteiger partial charge >= 0.3 is 0 Å². The second-order valence-corrected chi connectivity index (χ2v) is 8.38. The molecule has 3 aromatic rings. The van der Waals surface area contributed by atoms with Gasteiger partial charge in [0.05, 0.1) is 28.8 Å². The van der Waals surface area contributed by atoms with Gasteiger partial charge in [0, 0.05) is 49.1 Å². The average Bonchev–Trinajstić information content (AvgIpc) is 3.56. The van der Waals surface area contributed by atoms with Crippen LogP contribution in [0.1, 0.15) is 36.3 Å². The summed E-state index contributed by atoms with van der Waals surface area (Å²) < 4.78 is 7.96. The van der Waals surface area contributed by atoms with E-state index in [1.165, 1.54) is 12.1 Å². The predicted octanol–water partition coefficient (Wildman–Crippen LogP) is 3.93. The number of hydrogen-bond donors (Lipinski definition) is 1. The highest BCUT2D eigenvalue weighted by Gasteiger charge is 2.42. The third-order valence-corrected chi connectivity index (χ3v) is 6.40. The molecule has 1 aromatic carbocycles. The number of thiocarbonyl (C=S) groups is 1. The van der Waals surface area contributed by atoms with Crippen molar-refractivity contribution in [3.05, 3.63) is 88.5 Å². The van der Waals surface area contributed by atoms with Gasteiger partial charge < -0.3 is 19.5 Å². The third-order valence-electron chi connectivity index (χ3n) is 6.04. The van der Waals surface area contributed by atoms with Gasteiger partial charge in [0.15, 0.2) is 5.11 Å². The molecule has 2 aliphatic heterocycles. The molecule has 1 N–H and O–H groups in total. The first-order valence-corrected chi connectivity index (χ1v) is 11.0. The molecule has 0 bridgehead atoms. The third kappa shape index (κ3) is 3.85. The number of benzene rings is 1. The molecule has 4 heterocycles. The molecule has 0 spiro atoms. The molecule has 2 aromatic heterocycles. The number of nitrogens with one attached hydrogen (secondary N) is 1. The first-order chi connectivity index (χ1) is 15.6. The van der Waals surface area contributed by atoms with E-state index in [1.807, 2.05) is 30.5 Å². The van der Waals surface area contributed by atoms with Gasteiger partial charge in [-0.25, -0.2) is 0 Å². The molecule has 0 unspecified atom stereocenters. The Bertz CT molecular complexity index is 1110. The highest BCUT2D eigenvalue weighted by atomic mass is 32.1. The lowest BCUT2D eigenvalue weighted by Crippen LogP contribution is -2.36. The van der Waals surface area contributed by atoms with Crippen LogP contribution in [0.2, 0.25) is 0 Å². The van der Waals surface area contributed by atoms with Gasteiger partial charge in [0.2, 0.25) is 0 Å². The van der Waals surface area contributed by atoms with Gasteiger partial charge in [-0.15, -0.1) is 0 Å². The summed E-state index contributed by atoms with van der Waals surface area (Å²) in [6.07, 6.45) is 5.98. The van der Waals surface area contributed by atoms with Crippen molar-refractivity contribution in [1.29, 1.82) is 0 Å². The maximum Gasteiger partial charge on any atom is 0.269 e. The van der Waals surface area contributed by atoms with Crippen LogP contribution in [0.5, 0.6) is 0 Å². The summed E-state index contributed by atoms with van der Waals surface area (Å²) in [6.45, 7) is 1.48. The van der Waals surface area contributed by atoms with E-state index in [0.717, 1.165) is 36.5 Å². The minimum Gasteiger partial charge on any atom is -0.376 e. The SMILES string of the molecule is O=[N+]([O-])c1ccc(-n2cccc2[C@H]2[C@H](c3ccccn3)NC(=S)N2C[C@@H]2CCCO2)cc1. The molecule has 2 aliphatic rings. The number of ether oxygens (including phenoxy) is 1. The second kappa shape index (κ2) is 8.68. The number of nitro benzene ring substituents is 1. The molecular formula is C23H23N5O3S.